The van der Waals surface area contributed by atoms with E-state index < -0.39 is 68.5 Å². The molecule has 1 saturated heterocycles. The van der Waals surface area contributed by atoms with Crippen molar-refractivity contribution in [2.75, 3.05) is 25.1 Å². The third-order valence-electron chi connectivity index (χ3n) is 9.73. The Morgan fingerprint density at radius 1 is 1.00 bits per heavy atom. The molecule has 266 valence electrons. The predicted molar refractivity (Wildman–Crippen MR) is 181 cm³/mol. The minimum absolute atomic E-state index is 0.0369. The van der Waals surface area contributed by atoms with Crippen molar-refractivity contribution < 1.29 is 32.4 Å². The fourth-order valence-corrected chi connectivity index (χ4v) is 8.43. The van der Waals surface area contributed by atoms with Crippen LogP contribution in [-0.4, -0.2) is 91.6 Å². The van der Waals surface area contributed by atoms with Gasteiger partial charge in [-0.3, -0.25) is 19.2 Å². The lowest BCUT2D eigenvalue weighted by molar-refractivity contribution is -0.145. The molecule has 13 heteroatoms. The van der Waals surface area contributed by atoms with Crippen LogP contribution in [0.4, 0.5) is 4.79 Å². The Bertz CT molecular complexity index is 1280. The number of nitrogens with one attached hydrogen (secondary N) is 4. The van der Waals surface area contributed by atoms with E-state index in [4.69, 9.17) is 0 Å². The van der Waals surface area contributed by atoms with Crippen LogP contribution in [0.2, 0.25) is 0 Å². The van der Waals surface area contributed by atoms with Gasteiger partial charge < -0.3 is 26.2 Å². The van der Waals surface area contributed by atoms with Crippen LogP contribution in [0, 0.1) is 23.2 Å². The maximum Gasteiger partial charge on any atom is 0.315 e. The van der Waals surface area contributed by atoms with Gasteiger partial charge in [-0.25, -0.2) is 13.2 Å². The first-order chi connectivity index (χ1) is 21.9. The van der Waals surface area contributed by atoms with Crippen molar-refractivity contribution >= 4 is 39.4 Å². The highest BCUT2D eigenvalue weighted by molar-refractivity contribution is 7.90. The quantitative estimate of drug-likeness (QED) is 0.117. The molecule has 3 rings (SSSR count). The third kappa shape index (κ3) is 11.0. The summed E-state index contributed by atoms with van der Waals surface area (Å²) in [6.07, 6.45) is 9.66. The van der Waals surface area contributed by atoms with Crippen LogP contribution in [0.25, 0.3) is 0 Å². The molecule has 2 aliphatic carbocycles. The predicted octanol–water partition coefficient (Wildman–Crippen LogP) is 2.87. The number of ketones is 1. The van der Waals surface area contributed by atoms with Crippen LogP contribution in [0.3, 0.4) is 0 Å². The monoisotopic (exact) mass is 679 g/mol. The lowest BCUT2D eigenvalue weighted by atomic mass is 9.83. The van der Waals surface area contributed by atoms with E-state index in [2.05, 4.69) is 27.8 Å². The molecule has 0 radical (unpaired) electrons. The molecule has 0 aromatic rings. The molecule has 0 aromatic heterocycles. The standard InChI is InChI=1S/C34H57N5O7S/c1-8-9-18-35-30(42)27(40)25(20-23-13-14-23)36-29(41)26-24(22(2)3)15-19-39(26)31(43)28(33(4,5)6)37-32(44)38-34(21-47(7,45)46)16-11-10-12-17-34/h8,22-26,28H,1,9-21H2,2-7H3,(H,35,42)(H,36,41)(H2,37,38,44)/t24-,25?,26+,28-/m1/s1. The largest absolute Gasteiger partial charge is 0.349 e. The van der Waals surface area contributed by atoms with E-state index in [0.29, 0.717) is 32.1 Å². The van der Waals surface area contributed by atoms with Crippen LogP contribution >= 0.6 is 0 Å². The number of hydrogen-bond donors (Lipinski definition) is 4. The smallest absolute Gasteiger partial charge is 0.315 e. The van der Waals surface area contributed by atoms with Crippen molar-refractivity contribution in [3.8, 4) is 0 Å². The molecule has 3 aliphatic rings. The Kier molecular flexibility index (Phi) is 13.1. The summed E-state index contributed by atoms with van der Waals surface area (Å²) in [6.45, 7) is 13.6. The Balaban J connectivity index is 1.83. The number of amides is 5. The summed E-state index contributed by atoms with van der Waals surface area (Å²) in [4.78, 5) is 69.3. The first-order valence-electron chi connectivity index (χ1n) is 17.2. The Labute approximate surface area is 280 Å². The van der Waals surface area contributed by atoms with Gasteiger partial charge in [-0.15, -0.1) is 6.58 Å². The molecule has 1 aliphatic heterocycles. The van der Waals surface area contributed by atoms with E-state index in [1.807, 2.05) is 34.6 Å². The van der Waals surface area contributed by atoms with Gasteiger partial charge in [-0.2, -0.15) is 0 Å². The zero-order chi connectivity index (χ0) is 35.2. The van der Waals surface area contributed by atoms with Crippen molar-refractivity contribution in [1.29, 1.82) is 0 Å². The van der Waals surface area contributed by atoms with Crippen LogP contribution in [-0.2, 0) is 29.0 Å². The van der Waals surface area contributed by atoms with Gasteiger partial charge in [-0.05, 0) is 55.3 Å². The van der Waals surface area contributed by atoms with E-state index in [-0.39, 0.29) is 36.6 Å². The molecule has 12 nitrogen and oxygen atoms in total. The second kappa shape index (κ2) is 16.0. The zero-order valence-electron chi connectivity index (χ0n) is 29.2. The first-order valence-corrected chi connectivity index (χ1v) is 19.2. The summed E-state index contributed by atoms with van der Waals surface area (Å²) < 4.78 is 24.6. The lowest BCUT2D eigenvalue weighted by Gasteiger charge is -2.40. The highest BCUT2D eigenvalue weighted by Crippen LogP contribution is 2.36. The second-order valence-corrected chi connectivity index (χ2v) is 17.6. The molecule has 4 N–H and O–H groups in total. The van der Waals surface area contributed by atoms with Gasteiger partial charge in [0.05, 0.1) is 17.3 Å². The number of likely N-dealkylation sites (tertiary alicyclic amines) is 1. The van der Waals surface area contributed by atoms with Crippen molar-refractivity contribution in [2.24, 2.45) is 23.2 Å². The van der Waals surface area contributed by atoms with E-state index in [9.17, 15) is 32.4 Å². The summed E-state index contributed by atoms with van der Waals surface area (Å²) in [5, 5.41) is 11.2. The van der Waals surface area contributed by atoms with Crippen LogP contribution in [0.5, 0.6) is 0 Å². The van der Waals surface area contributed by atoms with Crippen LogP contribution in [0.1, 0.15) is 98.8 Å². The molecular weight excluding hydrogens is 622 g/mol. The number of carbonyl (C=O) groups is 5. The van der Waals surface area contributed by atoms with Gasteiger partial charge >= 0.3 is 6.03 Å². The molecular formula is C34H57N5O7S. The lowest BCUT2D eigenvalue weighted by Crippen LogP contribution is -2.63. The summed E-state index contributed by atoms with van der Waals surface area (Å²) in [5.74, 6) is -2.48. The molecule has 1 heterocycles. The molecule has 0 aromatic carbocycles. The number of hydrogen-bond acceptors (Lipinski definition) is 7. The minimum Gasteiger partial charge on any atom is -0.349 e. The Morgan fingerprint density at radius 2 is 1.64 bits per heavy atom. The number of Topliss-reactive ketones (excluding diaryl/α,β-unsaturated/α-hetero) is 1. The Hall–Kier alpha value is -2.96. The number of sulfone groups is 1. The number of rotatable bonds is 15. The summed E-state index contributed by atoms with van der Waals surface area (Å²) in [6, 6.07) is -3.55. The van der Waals surface area contributed by atoms with Gasteiger partial charge in [-0.1, -0.05) is 72.8 Å². The maximum atomic E-state index is 14.3. The minimum atomic E-state index is -3.39. The molecule has 0 bridgehead atoms. The topological polar surface area (TPSA) is 171 Å². The SMILES string of the molecule is C=CCCNC(=O)C(=O)C(CC1CC1)NC(=O)[C@@H]1[C@@H](C(C)C)CCN1C(=O)[C@@H](NC(=O)NC1(CS(C)(=O)=O)CCCCC1)C(C)(C)C. The van der Waals surface area contributed by atoms with Gasteiger partial charge in [0.2, 0.25) is 17.6 Å². The molecule has 1 unspecified atom stereocenters. The summed E-state index contributed by atoms with van der Waals surface area (Å²) in [7, 11) is -3.39. The second-order valence-electron chi connectivity index (χ2n) is 15.4. The average Bonchev–Trinajstić information content (AvgIpc) is 3.66. The van der Waals surface area contributed by atoms with E-state index in [1.54, 1.807) is 6.08 Å². The molecule has 5 amide bonds. The fraction of sp³-hybridized carbons (Fsp3) is 0.794. The summed E-state index contributed by atoms with van der Waals surface area (Å²) >= 11 is 0. The van der Waals surface area contributed by atoms with Gasteiger partial charge in [0.25, 0.3) is 5.91 Å². The van der Waals surface area contributed by atoms with Crippen LogP contribution < -0.4 is 21.3 Å². The fourth-order valence-electron chi connectivity index (χ4n) is 7.06. The van der Waals surface area contributed by atoms with E-state index in [1.165, 1.54) is 4.90 Å². The van der Waals surface area contributed by atoms with Crippen molar-refractivity contribution in [3.05, 3.63) is 12.7 Å². The third-order valence-corrected chi connectivity index (χ3v) is 10.8. The Morgan fingerprint density at radius 3 is 2.17 bits per heavy atom. The van der Waals surface area contributed by atoms with E-state index in [0.717, 1.165) is 38.4 Å². The molecule has 47 heavy (non-hydrogen) atoms. The van der Waals surface area contributed by atoms with Crippen molar-refractivity contribution in [2.45, 2.75) is 122 Å². The molecule has 2 saturated carbocycles. The summed E-state index contributed by atoms with van der Waals surface area (Å²) in [5.41, 5.74) is -1.67. The molecule has 0 spiro atoms. The van der Waals surface area contributed by atoms with Gasteiger partial charge in [0, 0.05) is 19.3 Å². The number of urea groups is 1. The highest BCUT2D eigenvalue weighted by atomic mass is 32.2. The molecule has 3 fully saturated rings. The maximum absolute atomic E-state index is 14.3. The van der Waals surface area contributed by atoms with E-state index >= 15 is 0 Å². The first kappa shape index (κ1) is 38.5. The zero-order valence-corrected chi connectivity index (χ0v) is 30.0. The van der Waals surface area contributed by atoms with Crippen LogP contribution in [0.15, 0.2) is 12.7 Å². The highest BCUT2D eigenvalue weighted by Gasteiger charge is 2.48. The normalized spacial score (nSPS) is 22.6. The average molecular weight is 680 g/mol. The van der Waals surface area contributed by atoms with Crippen molar-refractivity contribution in [3.63, 3.8) is 0 Å². The molecule has 4 atom stereocenters. The van der Waals surface area contributed by atoms with Gasteiger partial charge in [0.15, 0.2) is 0 Å². The number of carbonyl (C=O) groups excluding carboxylic acids is 5. The van der Waals surface area contributed by atoms with Gasteiger partial charge in [0.1, 0.15) is 21.9 Å². The van der Waals surface area contributed by atoms with Crippen molar-refractivity contribution in [1.82, 2.24) is 26.2 Å². The number of nitrogens with zero attached hydrogens (tertiary/aromatic N) is 1.